The first-order chi connectivity index (χ1) is 7.75. The molecule has 0 bridgehead atoms. The van der Waals surface area contributed by atoms with Gasteiger partial charge in [0.2, 0.25) is 0 Å². The summed E-state index contributed by atoms with van der Waals surface area (Å²) >= 11 is 0. The van der Waals surface area contributed by atoms with Gasteiger partial charge in [-0.1, -0.05) is 12.8 Å². The van der Waals surface area contributed by atoms with Crippen molar-refractivity contribution in [3.8, 4) is 0 Å². The molecule has 3 heteroatoms. The summed E-state index contributed by atoms with van der Waals surface area (Å²) in [4.78, 5) is 14.0. The molecule has 1 aliphatic rings. The minimum absolute atomic E-state index is 0.0901. The zero-order valence-corrected chi connectivity index (χ0v) is 9.98. The Bertz CT molecular complexity index is 389. The van der Waals surface area contributed by atoms with Crippen molar-refractivity contribution in [2.45, 2.75) is 32.2 Å². The van der Waals surface area contributed by atoms with E-state index in [1.807, 2.05) is 12.3 Å². The van der Waals surface area contributed by atoms with Gasteiger partial charge in [0, 0.05) is 25.9 Å². The molecule has 0 radical (unpaired) electrons. The second kappa shape index (κ2) is 5.30. The Kier molecular flexibility index (Phi) is 3.78. The monoisotopic (exact) mass is 220 g/mol. The first-order valence-electron chi connectivity index (χ1n) is 6.13. The van der Waals surface area contributed by atoms with E-state index in [1.54, 1.807) is 17.7 Å². The molecule has 1 aliphatic heterocycles. The first-order valence-corrected chi connectivity index (χ1v) is 6.13. The molecule has 1 aromatic rings. The van der Waals surface area contributed by atoms with Crippen molar-refractivity contribution >= 4 is 0 Å². The fraction of sp³-hybridized carbons (Fsp3) is 0.615. The third-order valence-corrected chi connectivity index (χ3v) is 3.27. The summed E-state index contributed by atoms with van der Waals surface area (Å²) in [5, 5.41) is 0. The van der Waals surface area contributed by atoms with E-state index < -0.39 is 0 Å². The molecule has 1 fully saturated rings. The minimum Gasteiger partial charge on any atom is -0.319 e. The van der Waals surface area contributed by atoms with E-state index in [9.17, 15) is 4.79 Å². The molecule has 3 nitrogen and oxygen atoms in total. The number of aryl methyl sites for hydroxylation is 1. The van der Waals surface area contributed by atoms with Gasteiger partial charge in [-0.15, -0.1) is 0 Å². The molecule has 0 spiro atoms. The highest BCUT2D eigenvalue weighted by atomic mass is 16.1. The van der Waals surface area contributed by atoms with Gasteiger partial charge in [-0.3, -0.25) is 9.69 Å². The molecule has 0 aliphatic carbocycles. The van der Waals surface area contributed by atoms with Crippen LogP contribution in [0.5, 0.6) is 0 Å². The van der Waals surface area contributed by atoms with Gasteiger partial charge in [0.1, 0.15) is 0 Å². The third-order valence-electron chi connectivity index (χ3n) is 3.27. The third kappa shape index (κ3) is 2.95. The van der Waals surface area contributed by atoms with Gasteiger partial charge in [-0.05, 0) is 37.6 Å². The van der Waals surface area contributed by atoms with Crippen LogP contribution in [0.15, 0.2) is 23.1 Å². The predicted octanol–water partition coefficient (Wildman–Crippen LogP) is 1.76. The van der Waals surface area contributed by atoms with Crippen molar-refractivity contribution in [3.63, 3.8) is 0 Å². The fourth-order valence-corrected chi connectivity index (χ4v) is 2.24. The molecule has 0 amide bonds. The number of hydrogen-bond acceptors (Lipinski definition) is 2. The number of pyridine rings is 1. The summed E-state index contributed by atoms with van der Waals surface area (Å²) in [7, 11) is 1.79. The van der Waals surface area contributed by atoms with E-state index in [-0.39, 0.29) is 5.56 Å². The maximum absolute atomic E-state index is 11.5. The predicted molar refractivity (Wildman–Crippen MR) is 65.4 cm³/mol. The Morgan fingerprint density at radius 1 is 1.19 bits per heavy atom. The van der Waals surface area contributed by atoms with Crippen molar-refractivity contribution in [2.24, 2.45) is 7.05 Å². The standard InChI is InChI=1S/C13H20N2O/c1-14-9-6-12(10-13(14)16)11-15-7-4-2-3-5-8-15/h6,9-10H,2-5,7-8,11H2,1H3. The molecule has 1 saturated heterocycles. The summed E-state index contributed by atoms with van der Waals surface area (Å²) < 4.78 is 1.62. The molecule has 0 unspecified atom stereocenters. The minimum atomic E-state index is 0.0901. The van der Waals surface area contributed by atoms with Gasteiger partial charge in [-0.2, -0.15) is 0 Å². The van der Waals surface area contributed by atoms with Crippen LogP contribution in [-0.2, 0) is 13.6 Å². The van der Waals surface area contributed by atoms with Crippen molar-refractivity contribution < 1.29 is 0 Å². The number of rotatable bonds is 2. The number of hydrogen-bond donors (Lipinski definition) is 0. The highest BCUT2D eigenvalue weighted by Crippen LogP contribution is 2.12. The summed E-state index contributed by atoms with van der Waals surface area (Å²) in [5.74, 6) is 0. The van der Waals surface area contributed by atoms with Crippen LogP contribution >= 0.6 is 0 Å². The second-order valence-corrected chi connectivity index (χ2v) is 4.67. The molecule has 0 N–H and O–H groups in total. The van der Waals surface area contributed by atoms with Crippen LogP contribution in [0.3, 0.4) is 0 Å². The molecule has 0 aromatic carbocycles. The molecule has 0 atom stereocenters. The van der Waals surface area contributed by atoms with Gasteiger partial charge in [0.05, 0.1) is 0 Å². The number of aromatic nitrogens is 1. The number of likely N-dealkylation sites (tertiary alicyclic amines) is 1. The van der Waals surface area contributed by atoms with Crippen LogP contribution in [0.4, 0.5) is 0 Å². The fourth-order valence-electron chi connectivity index (χ4n) is 2.24. The lowest BCUT2D eigenvalue weighted by Crippen LogP contribution is -2.25. The molecule has 0 saturated carbocycles. The lowest BCUT2D eigenvalue weighted by molar-refractivity contribution is 0.276. The van der Waals surface area contributed by atoms with E-state index >= 15 is 0 Å². The Morgan fingerprint density at radius 2 is 1.88 bits per heavy atom. The summed E-state index contributed by atoms with van der Waals surface area (Å²) in [6, 6.07) is 3.80. The van der Waals surface area contributed by atoms with Crippen LogP contribution in [0.25, 0.3) is 0 Å². The summed E-state index contributed by atoms with van der Waals surface area (Å²) in [6.45, 7) is 3.28. The van der Waals surface area contributed by atoms with Crippen molar-refractivity contribution in [1.29, 1.82) is 0 Å². The molecule has 1 aromatic heterocycles. The van der Waals surface area contributed by atoms with Crippen molar-refractivity contribution in [3.05, 3.63) is 34.2 Å². The molecule has 2 rings (SSSR count). The average molecular weight is 220 g/mol. The van der Waals surface area contributed by atoms with Gasteiger partial charge in [0.15, 0.2) is 0 Å². The van der Waals surface area contributed by atoms with Gasteiger partial charge in [-0.25, -0.2) is 0 Å². The molecule has 2 heterocycles. The highest BCUT2D eigenvalue weighted by molar-refractivity contribution is 5.10. The average Bonchev–Trinajstić information content (AvgIpc) is 2.52. The first kappa shape index (κ1) is 11.4. The Labute approximate surface area is 96.7 Å². The lowest BCUT2D eigenvalue weighted by atomic mass is 10.2. The molecular weight excluding hydrogens is 200 g/mol. The van der Waals surface area contributed by atoms with Crippen LogP contribution in [0.2, 0.25) is 0 Å². The number of nitrogens with zero attached hydrogens (tertiary/aromatic N) is 2. The van der Waals surface area contributed by atoms with Crippen LogP contribution in [0.1, 0.15) is 31.2 Å². The van der Waals surface area contributed by atoms with E-state index in [2.05, 4.69) is 4.90 Å². The Balaban J connectivity index is 2.02. The van der Waals surface area contributed by atoms with Crippen LogP contribution < -0.4 is 5.56 Å². The topological polar surface area (TPSA) is 25.2 Å². The van der Waals surface area contributed by atoms with E-state index in [0.717, 1.165) is 12.1 Å². The van der Waals surface area contributed by atoms with Crippen LogP contribution in [-0.4, -0.2) is 22.6 Å². The maximum atomic E-state index is 11.5. The second-order valence-electron chi connectivity index (χ2n) is 4.67. The van der Waals surface area contributed by atoms with Gasteiger partial charge >= 0.3 is 0 Å². The van der Waals surface area contributed by atoms with E-state index in [4.69, 9.17) is 0 Å². The Hall–Kier alpha value is -1.09. The Morgan fingerprint density at radius 3 is 2.50 bits per heavy atom. The van der Waals surface area contributed by atoms with Gasteiger partial charge < -0.3 is 4.57 Å². The SMILES string of the molecule is Cn1ccc(CN2CCCCCC2)cc1=O. The van der Waals surface area contributed by atoms with Crippen molar-refractivity contribution in [2.75, 3.05) is 13.1 Å². The summed E-state index contributed by atoms with van der Waals surface area (Å²) in [6.07, 6.45) is 7.16. The normalized spacial score (nSPS) is 18.3. The molecule has 88 valence electrons. The maximum Gasteiger partial charge on any atom is 0.250 e. The molecule has 16 heavy (non-hydrogen) atoms. The highest BCUT2D eigenvalue weighted by Gasteiger charge is 2.09. The van der Waals surface area contributed by atoms with E-state index in [1.165, 1.54) is 38.8 Å². The largest absolute Gasteiger partial charge is 0.319 e. The van der Waals surface area contributed by atoms with Gasteiger partial charge in [0.25, 0.3) is 5.56 Å². The molecular formula is C13H20N2O. The lowest BCUT2D eigenvalue weighted by Gasteiger charge is -2.19. The smallest absolute Gasteiger partial charge is 0.250 e. The quantitative estimate of drug-likeness (QED) is 0.759. The van der Waals surface area contributed by atoms with Crippen molar-refractivity contribution in [1.82, 2.24) is 9.47 Å². The summed E-state index contributed by atoms with van der Waals surface area (Å²) in [5.41, 5.74) is 1.23. The zero-order valence-electron chi connectivity index (χ0n) is 9.98. The van der Waals surface area contributed by atoms with Crippen LogP contribution in [0, 0.1) is 0 Å². The van der Waals surface area contributed by atoms with E-state index in [0.29, 0.717) is 0 Å². The zero-order chi connectivity index (χ0) is 11.4.